The van der Waals surface area contributed by atoms with Gasteiger partial charge in [0.25, 0.3) is 5.91 Å². The Hall–Kier alpha value is -3.60. The first-order valence-corrected chi connectivity index (χ1v) is 8.84. The molecule has 0 saturated carbocycles. The number of amides is 1. The van der Waals surface area contributed by atoms with Crippen LogP contribution in [-0.4, -0.2) is 18.8 Å². The maximum atomic E-state index is 13.0. The van der Waals surface area contributed by atoms with E-state index in [0.717, 1.165) is 0 Å². The number of ketones is 1. The van der Waals surface area contributed by atoms with Crippen LogP contribution in [0.25, 0.3) is 0 Å². The quantitative estimate of drug-likeness (QED) is 0.610. The summed E-state index contributed by atoms with van der Waals surface area (Å²) in [5.41, 5.74) is 1.83. The fraction of sp³-hybridized carbons (Fsp3) is 0.130. The number of rotatable bonds is 7. The van der Waals surface area contributed by atoms with Gasteiger partial charge < -0.3 is 14.8 Å². The summed E-state index contributed by atoms with van der Waals surface area (Å²) in [5.74, 6) is 0.696. The molecule has 1 N–H and O–H groups in total. The predicted octanol–water partition coefficient (Wildman–Crippen LogP) is 4.66. The summed E-state index contributed by atoms with van der Waals surface area (Å²) in [6, 6.07) is 23.1. The van der Waals surface area contributed by atoms with Crippen LogP contribution in [0.5, 0.6) is 11.5 Å². The van der Waals surface area contributed by atoms with Crippen LogP contribution in [0.3, 0.4) is 0 Å². The Morgan fingerprint density at radius 3 is 2.29 bits per heavy atom. The van der Waals surface area contributed by atoms with Crippen molar-refractivity contribution in [1.29, 1.82) is 0 Å². The summed E-state index contributed by atoms with van der Waals surface area (Å²) in [7, 11) is 1.57. The molecule has 3 rings (SSSR count). The summed E-state index contributed by atoms with van der Waals surface area (Å²) in [5, 5.41) is 2.86. The third kappa shape index (κ3) is 4.76. The Morgan fingerprint density at radius 2 is 1.57 bits per heavy atom. The standard InChI is InChI=1S/C23H21NO4/c1-16(25)18-10-6-13-21(14-18)28-22(17-8-4-3-5-9-17)23(26)24-19-11-7-12-20(15-19)27-2/h3-15,22H,1-2H3,(H,24,26)/t22-/m1/s1. The SMILES string of the molecule is COc1cccc(NC(=O)[C@H](Oc2cccc(C(C)=O)c2)c2ccccc2)c1. The van der Waals surface area contributed by atoms with Crippen LogP contribution in [0.4, 0.5) is 5.69 Å². The third-order valence-corrected chi connectivity index (χ3v) is 4.17. The molecule has 28 heavy (non-hydrogen) atoms. The fourth-order valence-electron chi connectivity index (χ4n) is 2.73. The first-order chi connectivity index (χ1) is 13.6. The molecule has 142 valence electrons. The molecule has 1 amide bonds. The lowest BCUT2D eigenvalue weighted by Gasteiger charge is -2.20. The minimum Gasteiger partial charge on any atom is -0.497 e. The second-order valence-electron chi connectivity index (χ2n) is 6.21. The fourth-order valence-corrected chi connectivity index (χ4v) is 2.73. The van der Waals surface area contributed by atoms with Crippen LogP contribution in [-0.2, 0) is 4.79 Å². The lowest BCUT2D eigenvalue weighted by atomic mass is 10.1. The zero-order chi connectivity index (χ0) is 19.9. The Morgan fingerprint density at radius 1 is 0.857 bits per heavy atom. The molecule has 0 radical (unpaired) electrons. The highest BCUT2D eigenvalue weighted by molar-refractivity contribution is 5.96. The lowest BCUT2D eigenvalue weighted by molar-refractivity contribution is -0.123. The van der Waals surface area contributed by atoms with E-state index in [9.17, 15) is 9.59 Å². The van der Waals surface area contributed by atoms with Gasteiger partial charge in [0, 0.05) is 22.9 Å². The van der Waals surface area contributed by atoms with Crippen LogP contribution in [0.15, 0.2) is 78.9 Å². The van der Waals surface area contributed by atoms with Gasteiger partial charge in [-0.3, -0.25) is 9.59 Å². The van der Waals surface area contributed by atoms with Gasteiger partial charge in [-0.25, -0.2) is 0 Å². The highest BCUT2D eigenvalue weighted by Crippen LogP contribution is 2.25. The molecular weight excluding hydrogens is 354 g/mol. The summed E-state index contributed by atoms with van der Waals surface area (Å²) in [6.45, 7) is 1.49. The number of anilines is 1. The smallest absolute Gasteiger partial charge is 0.270 e. The maximum Gasteiger partial charge on any atom is 0.270 e. The van der Waals surface area contributed by atoms with Gasteiger partial charge >= 0.3 is 0 Å². The molecule has 5 nitrogen and oxygen atoms in total. The molecule has 0 heterocycles. The minimum absolute atomic E-state index is 0.0671. The van der Waals surface area contributed by atoms with E-state index in [1.807, 2.05) is 30.3 Å². The Labute approximate surface area is 163 Å². The number of nitrogens with one attached hydrogen (secondary N) is 1. The van der Waals surface area contributed by atoms with Crippen LogP contribution in [0.2, 0.25) is 0 Å². The van der Waals surface area contributed by atoms with Crippen molar-refractivity contribution in [2.24, 2.45) is 0 Å². The highest BCUT2D eigenvalue weighted by atomic mass is 16.5. The summed E-state index contributed by atoms with van der Waals surface area (Å²) < 4.78 is 11.2. The van der Waals surface area contributed by atoms with E-state index < -0.39 is 6.10 Å². The normalized spacial score (nSPS) is 11.4. The molecule has 0 aliphatic heterocycles. The molecule has 5 heteroatoms. The molecule has 0 aliphatic rings. The van der Waals surface area contributed by atoms with E-state index >= 15 is 0 Å². The Bertz CT molecular complexity index is 969. The van der Waals surface area contributed by atoms with Gasteiger partial charge in [0.2, 0.25) is 6.10 Å². The summed E-state index contributed by atoms with van der Waals surface area (Å²) in [6.07, 6.45) is -0.880. The van der Waals surface area contributed by atoms with Crippen molar-refractivity contribution in [1.82, 2.24) is 0 Å². The van der Waals surface area contributed by atoms with E-state index in [1.54, 1.807) is 55.6 Å². The lowest BCUT2D eigenvalue weighted by Crippen LogP contribution is -2.25. The molecule has 3 aromatic rings. The Balaban J connectivity index is 1.88. The largest absolute Gasteiger partial charge is 0.497 e. The average Bonchev–Trinajstić information content (AvgIpc) is 2.73. The maximum absolute atomic E-state index is 13.0. The summed E-state index contributed by atoms with van der Waals surface area (Å²) >= 11 is 0. The zero-order valence-corrected chi connectivity index (χ0v) is 15.7. The molecule has 1 atom stereocenters. The van der Waals surface area contributed by atoms with E-state index in [-0.39, 0.29) is 11.7 Å². The number of hydrogen-bond acceptors (Lipinski definition) is 4. The van der Waals surface area contributed by atoms with Crippen LogP contribution < -0.4 is 14.8 Å². The van der Waals surface area contributed by atoms with Gasteiger partial charge in [0.1, 0.15) is 11.5 Å². The topological polar surface area (TPSA) is 64.6 Å². The number of hydrogen-bond donors (Lipinski definition) is 1. The van der Waals surface area contributed by atoms with Crippen molar-refractivity contribution in [3.05, 3.63) is 90.0 Å². The summed E-state index contributed by atoms with van der Waals surface area (Å²) in [4.78, 5) is 24.6. The van der Waals surface area contributed by atoms with Crippen LogP contribution in [0.1, 0.15) is 28.9 Å². The van der Waals surface area contributed by atoms with Gasteiger partial charge in [-0.05, 0) is 31.2 Å². The minimum atomic E-state index is -0.880. The predicted molar refractivity (Wildman–Crippen MR) is 108 cm³/mol. The van der Waals surface area contributed by atoms with Gasteiger partial charge in [-0.1, -0.05) is 48.5 Å². The Kier molecular flexibility index (Phi) is 6.07. The number of Topliss-reactive ketones (excluding diaryl/α,β-unsaturated/α-hetero) is 1. The van der Waals surface area contributed by atoms with Crippen molar-refractivity contribution in [2.45, 2.75) is 13.0 Å². The molecule has 0 fully saturated rings. The number of ether oxygens (including phenoxy) is 2. The van der Waals surface area contributed by atoms with Gasteiger partial charge in [-0.2, -0.15) is 0 Å². The van der Waals surface area contributed by atoms with Crippen molar-refractivity contribution in [2.75, 3.05) is 12.4 Å². The first-order valence-electron chi connectivity index (χ1n) is 8.84. The molecule has 3 aromatic carbocycles. The molecule has 0 aromatic heterocycles. The van der Waals surface area contributed by atoms with Crippen molar-refractivity contribution < 1.29 is 19.1 Å². The molecule has 0 aliphatic carbocycles. The second-order valence-corrected chi connectivity index (χ2v) is 6.21. The van der Waals surface area contributed by atoms with Gasteiger partial charge in [0.05, 0.1) is 7.11 Å². The third-order valence-electron chi connectivity index (χ3n) is 4.17. The van der Waals surface area contributed by atoms with Crippen LogP contribution >= 0.6 is 0 Å². The molecular formula is C23H21NO4. The number of carbonyl (C=O) groups excluding carboxylic acids is 2. The van der Waals surface area contributed by atoms with Gasteiger partial charge in [0.15, 0.2) is 5.78 Å². The molecule has 0 bridgehead atoms. The average molecular weight is 375 g/mol. The number of methoxy groups -OCH3 is 1. The highest BCUT2D eigenvalue weighted by Gasteiger charge is 2.23. The number of benzene rings is 3. The monoisotopic (exact) mass is 375 g/mol. The zero-order valence-electron chi connectivity index (χ0n) is 15.7. The van der Waals surface area contributed by atoms with Gasteiger partial charge in [-0.15, -0.1) is 0 Å². The van der Waals surface area contributed by atoms with E-state index in [4.69, 9.17) is 9.47 Å². The first kappa shape index (κ1) is 19.2. The van der Waals surface area contributed by atoms with Crippen molar-refractivity contribution in [3.8, 4) is 11.5 Å². The number of carbonyl (C=O) groups is 2. The second kappa shape index (κ2) is 8.86. The van der Waals surface area contributed by atoms with E-state index in [1.165, 1.54) is 6.92 Å². The molecule has 0 saturated heterocycles. The van der Waals surface area contributed by atoms with Crippen LogP contribution in [0, 0.1) is 0 Å². The molecule has 0 unspecified atom stereocenters. The molecule has 0 spiro atoms. The van der Waals surface area contributed by atoms with Crippen molar-refractivity contribution >= 4 is 17.4 Å². The van der Waals surface area contributed by atoms with E-state index in [0.29, 0.717) is 28.3 Å². The van der Waals surface area contributed by atoms with E-state index in [2.05, 4.69) is 5.32 Å². The van der Waals surface area contributed by atoms with Crippen molar-refractivity contribution in [3.63, 3.8) is 0 Å².